The molecule has 0 aromatic carbocycles. The van der Waals surface area contributed by atoms with Crippen molar-refractivity contribution in [2.75, 3.05) is 0 Å². The molecular weight excluding hydrogens is 200 g/mol. The van der Waals surface area contributed by atoms with Crippen molar-refractivity contribution >= 4 is 0 Å². The van der Waals surface area contributed by atoms with Crippen molar-refractivity contribution in [3.63, 3.8) is 0 Å². The lowest BCUT2D eigenvalue weighted by Gasteiger charge is -2.10. The van der Waals surface area contributed by atoms with Gasteiger partial charge >= 0.3 is 0 Å². The van der Waals surface area contributed by atoms with Gasteiger partial charge in [-0.3, -0.25) is 0 Å². The summed E-state index contributed by atoms with van der Waals surface area (Å²) in [7, 11) is 0. The smallest absolute Gasteiger partial charge is 0.115 e. The minimum absolute atomic E-state index is 0.322. The van der Waals surface area contributed by atoms with E-state index >= 15 is 0 Å². The van der Waals surface area contributed by atoms with Crippen molar-refractivity contribution in [2.45, 2.75) is 32.6 Å². The third kappa shape index (κ3) is 1.69. The maximum Gasteiger partial charge on any atom is 0.115 e. The van der Waals surface area contributed by atoms with Gasteiger partial charge in [0.05, 0.1) is 5.92 Å². The van der Waals surface area contributed by atoms with Crippen molar-refractivity contribution in [3.8, 4) is 0 Å². The van der Waals surface area contributed by atoms with Gasteiger partial charge in [0.15, 0.2) is 0 Å². The second-order valence-electron chi connectivity index (χ2n) is 4.71. The molecule has 2 heterocycles. The molecule has 2 aromatic rings. The van der Waals surface area contributed by atoms with Crippen LogP contribution in [0.4, 0.5) is 0 Å². The first kappa shape index (κ1) is 9.76. The topological polar surface area (TPSA) is 26.3 Å². The fourth-order valence-corrected chi connectivity index (χ4v) is 2.28. The maximum absolute atomic E-state index is 5.75. The summed E-state index contributed by atoms with van der Waals surface area (Å²) < 4.78 is 11.5. The summed E-state index contributed by atoms with van der Waals surface area (Å²) in [5, 5.41) is 0. The predicted molar refractivity (Wildman–Crippen MR) is 61.5 cm³/mol. The molecule has 0 aliphatic heterocycles. The van der Waals surface area contributed by atoms with Crippen LogP contribution in [0.25, 0.3) is 0 Å². The Kier molecular flexibility index (Phi) is 2.16. The standard InChI is InChI=1S/C14H16O2/c1-9-3-7-12(15-9)14(11-5-6-11)13-8-4-10(2)16-13/h3-4,7-8,11,14H,5-6H2,1-2H3. The Bertz CT molecular complexity index is 448. The fourth-order valence-electron chi connectivity index (χ4n) is 2.28. The van der Waals surface area contributed by atoms with E-state index in [-0.39, 0.29) is 0 Å². The van der Waals surface area contributed by atoms with E-state index in [2.05, 4.69) is 12.1 Å². The molecule has 0 amide bonds. The van der Waals surface area contributed by atoms with E-state index < -0.39 is 0 Å². The monoisotopic (exact) mass is 216 g/mol. The lowest BCUT2D eigenvalue weighted by molar-refractivity contribution is 0.390. The SMILES string of the molecule is Cc1ccc(C(c2ccc(C)o2)C2CC2)o1. The van der Waals surface area contributed by atoms with E-state index in [0.717, 1.165) is 23.0 Å². The molecule has 0 unspecified atom stereocenters. The van der Waals surface area contributed by atoms with Crippen LogP contribution in [0.5, 0.6) is 0 Å². The molecule has 1 saturated carbocycles. The minimum Gasteiger partial charge on any atom is -0.466 e. The third-order valence-electron chi connectivity index (χ3n) is 3.23. The largest absolute Gasteiger partial charge is 0.466 e. The van der Waals surface area contributed by atoms with Crippen LogP contribution in [-0.2, 0) is 0 Å². The zero-order valence-corrected chi connectivity index (χ0v) is 9.69. The van der Waals surface area contributed by atoms with Crippen LogP contribution < -0.4 is 0 Å². The van der Waals surface area contributed by atoms with Gasteiger partial charge in [-0.1, -0.05) is 0 Å². The lowest BCUT2D eigenvalue weighted by atomic mass is 9.98. The van der Waals surface area contributed by atoms with E-state index in [1.54, 1.807) is 0 Å². The maximum atomic E-state index is 5.75. The first-order chi connectivity index (χ1) is 7.74. The highest BCUT2D eigenvalue weighted by Gasteiger charge is 2.37. The molecule has 3 rings (SSSR count). The Morgan fingerprint density at radius 2 is 1.44 bits per heavy atom. The Morgan fingerprint density at radius 1 is 0.938 bits per heavy atom. The second-order valence-corrected chi connectivity index (χ2v) is 4.71. The predicted octanol–water partition coefficient (Wildman–Crippen LogP) is 4.03. The highest BCUT2D eigenvalue weighted by molar-refractivity contribution is 5.25. The average molecular weight is 216 g/mol. The number of hydrogen-bond donors (Lipinski definition) is 0. The molecule has 1 aliphatic carbocycles. The molecule has 0 N–H and O–H groups in total. The van der Waals surface area contributed by atoms with Crippen molar-refractivity contribution in [2.24, 2.45) is 5.92 Å². The summed E-state index contributed by atoms with van der Waals surface area (Å²) in [6, 6.07) is 8.22. The quantitative estimate of drug-likeness (QED) is 0.774. The van der Waals surface area contributed by atoms with Crippen LogP contribution in [0.3, 0.4) is 0 Å². The fraction of sp³-hybridized carbons (Fsp3) is 0.429. The van der Waals surface area contributed by atoms with Gasteiger partial charge in [0.25, 0.3) is 0 Å². The molecule has 84 valence electrons. The van der Waals surface area contributed by atoms with Gasteiger partial charge in [-0.2, -0.15) is 0 Å². The zero-order valence-electron chi connectivity index (χ0n) is 9.69. The summed E-state index contributed by atoms with van der Waals surface area (Å²) in [4.78, 5) is 0. The number of aryl methyl sites for hydroxylation is 2. The summed E-state index contributed by atoms with van der Waals surface area (Å²) >= 11 is 0. The Hall–Kier alpha value is -1.44. The van der Waals surface area contributed by atoms with Gasteiger partial charge < -0.3 is 8.83 Å². The van der Waals surface area contributed by atoms with E-state index in [4.69, 9.17) is 8.83 Å². The summed E-state index contributed by atoms with van der Waals surface area (Å²) in [6.45, 7) is 3.97. The van der Waals surface area contributed by atoms with Crippen molar-refractivity contribution in [1.29, 1.82) is 0 Å². The Morgan fingerprint density at radius 3 is 1.75 bits per heavy atom. The van der Waals surface area contributed by atoms with Crippen molar-refractivity contribution in [1.82, 2.24) is 0 Å². The van der Waals surface area contributed by atoms with E-state index in [1.165, 1.54) is 12.8 Å². The van der Waals surface area contributed by atoms with Crippen molar-refractivity contribution < 1.29 is 8.83 Å². The molecule has 1 aliphatic rings. The first-order valence-corrected chi connectivity index (χ1v) is 5.87. The number of furan rings is 2. The van der Waals surface area contributed by atoms with Crippen LogP contribution in [0.1, 0.15) is 41.8 Å². The molecule has 0 atom stereocenters. The van der Waals surface area contributed by atoms with Gasteiger partial charge in [-0.15, -0.1) is 0 Å². The summed E-state index contributed by atoms with van der Waals surface area (Å²) in [5.41, 5.74) is 0. The molecule has 2 aromatic heterocycles. The van der Waals surface area contributed by atoms with E-state index in [1.807, 2.05) is 26.0 Å². The molecule has 1 fully saturated rings. The Labute approximate surface area is 95.3 Å². The number of hydrogen-bond acceptors (Lipinski definition) is 2. The molecule has 0 radical (unpaired) electrons. The molecule has 2 heteroatoms. The van der Waals surface area contributed by atoms with Crippen LogP contribution >= 0.6 is 0 Å². The van der Waals surface area contributed by atoms with Crippen LogP contribution in [0, 0.1) is 19.8 Å². The molecular formula is C14H16O2. The molecule has 2 nitrogen and oxygen atoms in total. The lowest BCUT2D eigenvalue weighted by Crippen LogP contribution is -2.00. The second kappa shape index (κ2) is 3.55. The molecule has 16 heavy (non-hydrogen) atoms. The molecule has 0 saturated heterocycles. The van der Waals surface area contributed by atoms with Gasteiger partial charge in [0.1, 0.15) is 23.0 Å². The Balaban J connectivity index is 1.98. The van der Waals surface area contributed by atoms with Gasteiger partial charge in [-0.05, 0) is 56.9 Å². The van der Waals surface area contributed by atoms with Crippen LogP contribution in [0.2, 0.25) is 0 Å². The average Bonchev–Trinajstić information content (AvgIpc) is 2.85. The van der Waals surface area contributed by atoms with E-state index in [9.17, 15) is 0 Å². The minimum atomic E-state index is 0.322. The van der Waals surface area contributed by atoms with E-state index in [0.29, 0.717) is 11.8 Å². The van der Waals surface area contributed by atoms with Crippen LogP contribution in [-0.4, -0.2) is 0 Å². The normalized spacial score (nSPS) is 15.9. The van der Waals surface area contributed by atoms with Gasteiger partial charge in [-0.25, -0.2) is 0 Å². The highest BCUT2D eigenvalue weighted by atomic mass is 16.4. The highest BCUT2D eigenvalue weighted by Crippen LogP contribution is 2.47. The summed E-state index contributed by atoms with van der Waals surface area (Å²) in [5.74, 6) is 5.08. The van der Waals surface area contributed by atoms with Gasteiger partial charge in [0, 0.05) is 0 Å². The molecule has 0 spiro atoms. The summed E-state index contributed by atoms with van der Waals surface area (Å²) in [6.07, 6.45) is 2.56. The molecule has 0 bridgehead atoms. The van der Waals surface area contributed by atoms with Crippen LogP contribution in [0.15, 0.2) is 33.1 Å². The zero-order chi connectivity index (χ0) is 11.1. The number of rotatable bonds is 3. The first-order valence-electron chi connectivity index (χ1n) is 5.87. The third-order valence-corrected chi connectivity index (χ3v) is 3.23. The van der Waals surface area contributed by atoms with Crippen molar-refractivity contribution in [3.05, 3.63) is 47.3 Å². The van der Waals surface area contributed by atoms with Gasteiger partial charge in [0.2, 0.25) is 0 Å².